The molecule has 2 aliphatic rings. The highest BCUT2D eigenvalue weighted by atomic mass is 19.1. The Bertz CT molecular complexity index is 494. The van der Waals surface area contributed by atoms with Crippen molar-refractivity contribution in [3.05, 3.63) is 35.1 Å². The average Bonchev–Trinajstić information content (AvgIpc) is 2.95. The van der Waals surface area contributed by atoms with E-state index in [2.05, 4.69) is 17.1 Å². The highest BCUT2D eigenvalue weighted by Gasteiger charge is 2.36. The Morgan fingerprint density at radius 1 is 1.48 bits per heavy atom. The van der Waals surface area contributed by atoms with Crippen molar-refractivity contribution in [1.29, 1.82) is 0 Å². The standard InChI is InChI=1S/C17H25FN2O/c1-3-19-17(13-7-6-12(2)15(18)9-13)16-10-20-8-4-5-14(20)11-21-16/h6-7,9,14,16-17,19H,3-5,8,10-11H2,1-2H3. The molecule has 0 bridgehead atoms. The number of ether oxygens (including phenoxy) is 1. The minimum atomic E-state index is -0.134. The van der Waals surface area contributed by atoms with Gasteiger partial charge in [0.25, 0.3) is 0 Å². The van der Waals surface area contributed by atoms with Crippen LogP contribution < -0.4 is 5.32 Å². The largest absolute Gasteiger partial charge is 0.373 e. The summed E-state index contributed by atoms with van der Waals surface area (Å²) in [6.07, 6.45) is 2.62. The number of morpholine rings is 1. The normalized spacial score (nSPS) is 27.6. The number of halogens is 1. The molecule has 3 unspecified atom stereocenters. The highest BCUT2D eigenvalue weighted by molar-refractivity contribution is 5.27. The number of aryl methyl sites for hydroxylation is 1. The summed E-state index contributed by atoms with van der Waals surface area (Å²) in [6, 6.07) is 6.19. The van der Waals surface area contributed by atoms with Gasteiger partial charge in [0.15, 0.2) is 0 Å². The van der Waals surface area contributed by atoms with Crippen LogP contribution in [0, 0.1) is 12.7 Å². The molecule has 21 heavy (non-hydrogen) atoms. The first-order chi connectivity index (χ1) is 10.2. The van der Waals surface area contributed by atoms with Gasteiger partial charge in [-0.2, -0.15) is 0 Å². The van der Waals surface area contributed by atoms with Crippen molar-refractivity contribution >= 4 is 0 Å². The summed E-state index contributed by atoms with van der Waals surface area (Å²) in [4.78, 5) is 2.53. The minimum Gasteiger partial charge on any atom is -0.373 e. The van der Waals surface area contributed by atoms with Crippen molar-refractivity contribution in [1.82, 2.24) is 10.2 Å². The lowest BCUT2D eigenvalue weighted by molar-refractivity contribution is -0.0651. The Hall–Kier alpha value is -0.970. The smallest absolute Gasteiger partial charge is 0.126 e. The molecule has 0 saturated carbocycles. The molecule has 2 saturated heterocycles. The van der Waals surface area contributed by atoms with E-state index in [1.54, 1.807) is 13.0 Å². The molecule has 0 spiro atoms. The van der Waals surface area contributed by atoms with E-state index in [1.807, 2.05) is 12.1 Å². The van der Waals surface area contributed by atoms with Gasteiger partial charge in [0.1, 0.15) is 5.82 Å². The van der Waals surface area contributed by atoms with Crippen molar-refractivity contribution in [3.63, 3.8) is 0 Å². The van der Waals surface area contributed by atoms with Crippen LogP contribution in [0.3, 0.4) is 0 Å². The van der Waals surface area contributed by atoms with Crippen molar-refractivity contribution < 1.29 is 9.13 Å². The first-order valence-electron chi connectivity index (χ1n) is 8.04. The van der Waals surface area contributed by atoms with E-state index in [-0.39, 0.29) is 18.0 Å². The Balaban J connectivity index is 1.78. The first kappa shape index (κ1) is 14.9. The van der Waals surface area contributed by atoms with Crippen LogP contribution in [0.1, 0.15) is 36.9 Å². The van der Waals surface area contributed by atoms with E-state index >= 15 is 0 Å². The Morgan fingerprint density at radius 3 is 3.10 bits per heavy atom. The van der Waals surface area contributed by atoms with Crippen LogP contribution >= 0.6 is 0 Å². The zero-order chi connectivity index (χ0) is 14.8. The lowest BCUT2D eigenvalue weighted by Crippen LogP contribution is -2.50. The number of likely N-dealkylation sites (N-methyl/N-ethyl adjacent to an activating group) is 1. The van der Waals surface area contributed by atoms with Gasteiger partial charge < -0.3 is 10.1 Å². The molecule has 116 valence electrons. The van der Waals surface area contributed by atoms with Crippen molar-refractivity contribution in [2.75, 3.05) is 26.2 Å². The van der Waals surface area contributed by atoms with Crippen molar-refractivity contribution in [2.24, 2.45) is 0 Å². The van der Waals surface area contributed by atoms with Crippen LogP contribution in [-0.2, 0) is 4.74 Å². The predicted octanol–water partition coefficient (Wildman–Crippen LogP) is 2.65. The maximum absolute atomic E-state index is 13.9. The molecule has 1 aromatic carbocycles. The van der Waals surface area contributed by atoms with E-state index in [0.29, 0.717) is 11.6 Å². The molecule has 2 fully saturated rings. The van der Waals surface area contributed by atoms with Gasteiger partial charge in [0.05, 0.1) is 18.8 Å². The van der Waals surface area contributed by atoms with Crippen LogP contribution in [0.15, 0.2) is 18.2 Å². The monoisotopic (exact) mass is 292 g/mol. The number of nitrogens with one attached hydrogen (secondary N) is 1. The summed E-state index contributed by atoms with van der Waals surface area (Å²) < 4.78 is 20.0. The van der Waals surface area contributed by atoms with Gasteiger partial charge in [-0.1, -0.05) is 19.1 Å². The number of rotatable bonds is 4. The van der Waals surface area contributed by atoms with E-state index in [9.17, 15) is 4.39 Å². The average molecular weight is 292 g/mol. The fraction of sp³-hybridized carbons (Fsp3) is 0.647. The highest BCUT2D eigenvalue weighted by Crippen LogP contribution is 2.29. The van der Waals surface area contributed by atoms with E-state index < -0.39 is 0 Å². The first-order valence-corrected chi connectivity index (χ1v) is 8.04. The molecule has 2 aliphatic heterocycles. The Kier molecular flexibility index (Phi) is 4.57. The Morgan fingerprint density at radius 2 is 2.33 bits per heavy atom. The van der Waals surface area contributed by atoms with Crippen LogP contribution in [0.5, 0.6) is 0 Å². The summed E-state index contributed by atoms with van der Waals surface area (Å²) >= 11 is 0. The fourth-order valence-corrected chi connectivity index (χ4v) is 3.53. The van der Waals surface area contributed by atoms with Crippen molar-refractivity contribution in [3.8, 4) is 0 Å². The second-order valence-corrected chi connectivity index (χ2v) is 6.21. The lowest BCUT2D eigenvalue weighted by atomic mass is 9.98. The quantitative estimate of drug-likeness (QED) is 0.923. The predicted molar refractivity (Wildman–Crippen MR) is 81.9 cm³/mol. The lowest BCUT2D eigenvalue weighted by Gasteiger charge is -2.39. The van der Waals surface area contributed by atoms with Gasteiger partial charge >= 0.3 is 0 Å². The van der Waals surface area contributed by atoms with Crippen molar-refractivity contribution in [2.45, 2.75) is 44.9 Å². The van der Waals surface area contributed by atoms with Crippen LogP contribution in [0.25, 0.3) is 0 Å². The zero-order valence-corrected chi connectivity index (χ0v) is 12.9. The van der Waals surface area contributed by atoms with Crippen LogP contribution in [-0.4, -0.2) is 43.3 Å². The second-order valence-electron chi connectivity index (χ2n) is 6.21. The Labute approximate surface area is 126 Å². The molecule has 3 atom stereocenters. The third-order valence-electron chi connectivity index (χ3n) is 4.77. The fourth-order valence-electron chi connectivity index (χ4n) is 3.53. The third kappa shape index (κ3) is 3.12. The van der Waals surface area contributed by atoms with E-state index in [4.69, 9.17) is 4.74 Å². The molecule has 1 aromatic rings. The molecule has 4 heteroatoms. The SMILES string of the molecule is CCNC(c1ccc(C)c(F)c1)C1CN2CCCC2CO1. The number of nitrogens with zero attached hydrogens (tertiary/aromatic N) is 1. The van der Waals surface area contributed by atoms with Gasteiger partial charge in [0.2, 0.25) is 0 Å². The summed E-state index contributed by atoms with van der Waals surface area (Å²) in [7, 11) is 0. The molecule has 0 aliphatic carbocycles. The summed E-state index contributed by atoms with van der Waals surface area (Å²) in [5.41, 5.74) is 1.68. The maximum atomic E-state index is 13.9. The molecular weight excluding hydrogens is 267 g/mol. The number of hydrogen-bond acceptors (Lipinski definition) is 3. The molecule has 3 nitrogen and oxygen atoms in total. The molecule has 0 amide bonds. The summed E-state index contributed by atoms with van der Waals surface area (Å²) in [5.74, 6) is -0.134. The number of benzene rings is 1. The van der Waals surface area contributed by atoms with E-state index in [1.165, 1.54) is 19.4 Å². The molecule has 1 N–H and O–H groups in total. The van der Waals surface area contributed by atoms with E-state index in [0.717, 1.165) is 25.3 Å². The molecule has 3 rings (SSSR count). The van der Waals surface area contributed by atoms with Crippen LogP contribution in [0.4, 0.5) is 4.39 Å². The van der Waals surface area contributed by atoms with Gasteiger partial charge in [-0.25, -0.2) is 4.39 Å². The zero-order valence-electron chi connectivity index (χ0n) is 12.9. The van der Waals surface area contributed by atoms with Crippen LogP contribution in [0.2, 0.25) is 0 Å². The summed E-state index contributed by atoms with van der Waals surface area (Å²) in [6.45, 7) is 7.65. The molecular formula is C17H25FN2O. The topological polar surface area (TPSA) is 24.5 Å². The van der Waals surface area contributed by atoms with Gasteiger partial charge in [-0.15, -0.1) is 0 Å². The molecule has 2 heterocycles. The van der Waals surface area contributed by atoms with Gasteiger partial charge in [-0.05, 0) is 50.0 Å². The summed E-state index contributed by atoms with van der Waals surface area (Å²) in [5, 5.41) is 3.48. The minimum absolute atomic E-state index is 0.0617. The molecule has 0 aromatic heterocycles. The number of fused-ring (bicyclic) bond motifs is 1. The number of hydrogen-bond donors (Lipinski definition) is 1. The van der Waals surface area contributed by atoms with Gasteiger partial charge in [0, 0.05) is 12.6 Å². The van der Waals surface area contributed by atoms with Gasteiger partial charge in [-0.3, -0.25) is 4.90 Å². The maximum Gasteiger partial charge on any atom is 0.126 e. The second kappa shape index (κ2) is 6.42. The molecule has 0 radical (unpaired) electrons. The third-order valence-corrected chi connectivity index (χ3v) is 4.77.